The first kappa shape index (κ1) is 22.2. The zero-order valence-corrected chi connectivity index (χ0v) is 18.2. The van der Waals surface area contributed by atoms with Crippen molar-refractivity contribution in [3.63, 3.8) is 0 Å². The van der Waals surface area contributed by atoms with Crippen LogP contribution in [0, 0.1) is 17.3 Å². The fourth-order valence-electron chi connectivity index (χ4n) is 4.83. The number of imide groups is 2. The summed E-state index contributed by atoms with van der Waals surface area (Å²) in [7, 11) is 0. The van der Waals surface area contributed by atoms with Gasteiger partial charge < -0.3 is 10.2 Å². The maximum absolute atomic E-state index is 12.9. The van der Waals surface area contributed by atoms with Crippen molar-refractivity contribution in [2.24, 2.45) is 17.3 Å². The van der Waals surface area contributed by atoms with Crippen LogP contribution >= 0.6 is 0 Å². The van der Waals surface area contributed by atoms with Gasteiger partial charge in [-0.1, -0.05) is 0 Å². The third-order valence-corrected chi connectivity index (χ3v) is 7.39. The van der Waals surface area contributed by atoms with E-state index in [1.807, 2.05) is 0 Å². The van der Waals surface area contributed by atoms with Gasteiger partial charge in [-0.2, -0.15) is 0 Å². The van der Waals surface area contributed by atoms with E-state index in [1.54, 1.807) is 13.8 Å². The molecule has 2 aliphatic heterocycles. The van der Waals surface area contributed by atoms with Crippen molar-refractivity contribution in [1.82, 2.24) is 15.3 Å². The Morgan fingerprint density at radius 3 is 2.12 bits per heavy atom. The molecule has 2 unspecified atom stereocenters. The molecule has 0 radical (unpaired) electrons. The van der Waals surface area contributed by atoms with Gasteiger partial charge in [0.25, 0.3) is 23.6 Å². The van der Waals surface area contributed by atoms with Crippen LogP contribution in [-0.2, 0) is 33.6 Å². The van der Waals surface area contributed by atoms with Crippen molar-refractivity contribution in [2.45, 2.75) is 64.3 Å². The predicted molar refractivity (Wildman–Crippen MR) is 108 cm³/mol. The second kappa shape index (κ2) is 7.83. The Hall–Kier alpha value is -3.04. The zero-order valence-electron chi connectivity index (χ0n) is 18.2. The van der Waals surface area contributed by atoms with Crippen LogP contribution in [0.4, 0.5) is 0 Å². The van der Waals surface area contributed by atoms with E-state index in [9.17, 15) is 28.8 Å². The SMILES string of the molecule is CC1(NC(=O)C2CCC(CN3C(=O)C=CC3=O)CC2)CC1(C)C(=O)ON1C(=O)CCC1=O. The van der Waals surface area contributed by atoms with E-state index in [-0.39, 0.29) is 42.4 Å². The summed E-state index contributed by atoms with van der Waals surface area (Å²) >= 11 is 0. The summed E-state index contributed by atoms with van der Waals surface area (Å²) < 4.78 is 0. The van der Waals surface area contributed by atoms with Crippen molar-refractivity contribution >= 4 is 35.5 Å². The van der Waals surface area contributed by atoms with Crippen LogP contribution in [0.5, 0.6) is 0 Å². The minimum absolute atomic E-state index is 0.0239. The van der Waals surface area contributed by atoms with Gasteiger partial charge in [0, 0.05) is 37.5 Å². The maximum Gasteiger partial charge on any atom is 0.341 e. The highest BCUT2D eigenvalue weighted by Gasteiger charge is 2.69. The fourth-order valence-corrected chi connectivity index (χ4v) is 4.83. The molecule has 0 spiro atoms. The number of hydrogen-bond acceptors (Lipinski definition) is 7. The van der Waals surface area contributed by atoms with Crippen LogP contribution in [0.2, 0.25) is 0 Å². The highest BCUT2D eigenvalue weighted by atomic mass is 16.7. The number of rotatable bonds is 6. The molecule has 172 valence electrons. The van der Waals surface area contributed by atoms with Gasteiger partial charge in [0.15, 0.2) is 0 Å². The molecule has 5 amide bonds. The molecule has 0 bridgehead atoms. The third kappa shape index (κ3) is 3.82. The van der Waals surface area contributed by atoms with Crippen molar-refractivity contribution in [3.05, 3.63) is 12.2 Å². The van der Waals surface area contributed by atoms with Crippen LogP contribution < -0.4 is 5.32 Å². The standard InChI is InChI=1S/C22H27N3O7/c1-21(20(31)32-25-17(28)9-10-18(25)29)12-22(21,2)23-19(30)14-5-3-13(4-6-14)11-24-15(26)7-8-16(24)27/h7-8,13-14H,3-6,9-12H2,1-2H3,(H,23,30). The van der Waals surface area contributed by atoms with Gasteiger partial charge in [-0.25, -0.2) is 4.79 Å². The second-order valence-electron chi connectivity index (χ2n) is 9.63. The number of nitrogens with zero attached hydrogens (tertiary/aromatic N) is 2. The second-order valence-corrected chi connectivity index (χ2v) is 9.63. The number of nitrogens with one attached hydrogen (secondary N) is 1. The fraction of sp³-hybridized carbons (Fsp3) is 0.636. The van der Waals surface area contributed by atoms with Crippen LogP contribution in [-0.4, -0.2) is 57.6 Å². The monoisotopic (exact) mass is 445 g/mol. The molecule has 2 atom stereocenters. The molecule has 0 aromatic rings. The Balaban J connectivity index is 1.27. The van der Waals surface area contributed by atoms with E-state index >= 15 is 0 Å². The molecule has 0 aromatic heterocycles. The minimum atomic E-state index is -1.02. The molecule has 1 saturated heterocycles. The Kier molecular flexibility index (Phi) is 5.42. The van der Waals surface area contributed by atoms with Gasteiger partial charge in [-0.05, 0) is 51.9 Å². The molecule has 4 aliphatic rings. The average Bonchev–Trinajstić information content (AvgIpc) is 2.95. The Morgan fingerprint density at radius 2 is 1.56 bits per heavy atom. The largest absolute Gasteiger partial charge is 0.350 e. The van der Waals surface area contributed by atoms with E-state index < -0.39 is 28.7 Å². The number of carbonyl (C=O) groups excluding carboxylic acids is 6. The molecule has 1 N–H and O–H groups in total. The molecule has 2 heterocycles. The Labute approximate surface area is 185 Å². The number of amides is 5. The first-order valence-electron chi connectivity index (χ1n) is 11.0. The van der Waals surface area contributed by atoms with E-state index in [0.717, 1.165) is 12.8 Å². The van der Waals surface area contributed by atoms with Gasteiger partial charge in [0.2, 0.25) is 5.91 Å². The van der Waals surface area contributed by atoms with Gasteiger partial charge in [0.1, 0.15) is 0 Å². The molecule has 0 aromatic carbocycles. The molecule has 2 saturated carbocycles. The van der Waals surface area contributed by atoms with E-state index in [2.05, 4.69) is 5.32 Å². The van der Waals surface area contributed by atoms with Gasteiger partial charge >= 0.3 is 5.97 Å². The average molecular weight is 445 g/mol. The molecular formula is C22H27N3O7. The maximum atomic E-state index is 12.9. The number of hydroxylamine groups is 2. The summed E-state index contributed by atoms with van der Waals surface area (Å²) in [6.07, 6.45) is 5.66. The molecule has 4 rings (SSSR count). The lowest BCUT2D eigenvalue weighted by molar-refractivity contribution is -0.202. The first-order chi connectivity index (χ1) is 15.0. The summed E-state index contributed by atoms with van der Waals surface area (Å²) in [6, 6.07) is 0. The minimum Gasteiger partial charge on any atom is -0.350 e. The van der Waals surface area contributed by atoms with E-state index in [4.69, 9.17) is 4.84 Å². The lowest BCUT2D eigenvalue weighted by Crippen LogP contribution is -2.46. The lowest BCUT2D eigenvalue weighted by Gasteiger charge is -2.31. The van der Waals surface area contributed by atoms with Crippen molar-refractivity contribution < 1.29 is 33.6 Å². The van der Waals surface area contributed by atoms with Crippen LogP contribution in [0.15, 0.2) is 12.2 Å². The third-order valence-electron chi connectivity index (χ3n) is 7.39. The lowest BCUT2D eigenvalue weighted by atomic mass is 9.81. The van der Waals surface area contributed by atoms with Crippen molar-refractivity contribution in [3.8, 4) is 0 Å². The number of hydrogen-bond donors (Lipinski definition) is 1. The molecular weight excluding hydrogens is 418 g/mol. The van der Waals surface area contributed by atoms with Crippen LogP contribution in [0.25, 0.3) is 0 Å². The van der Waals surface area contributed by atoms with Gasteiger partial charge in [0.05, 0.1) is 11.0 Å². The number of carbonyl (C=O) groups is 6. The van der Waals surface area contributed by atoms with Gasteiger partial charge in [-0.15, -0.1) is 5.06 Å². The molecule has 10 nitrogen and oxygen atoms in total. The highest BCUT2D eigenvalue weighted by Crippen LogP contribution is 2.57. The molecule has 10 heteroatoms. The van der Waals surface area contributed by atoms with E-state index in [1.165, 1.54) is 17.1 Å². The molecule has 3 fully saturated rings. The van der Waals surface area contributed by atoms with Crippen LogP contribution in [0.3, 0.4) is 0 Å². The summed E-state index contributed by atoms with van der Waals surface area (Å²) in [5, 5.41) is 3.49. The molecule has 32 heavy (non-hydrogen) atoms. The van der Waals surface area contributed by atoms with Crippen LogP contribution in [0.1, 0.15) is 58.8 Å². The Morgan fingerprint density at radius 1 is 1.00 bits per heavy atom. The first-order valence-corrected chi connectivity index (χ1v) is 11.0. The summed E-state index contributed by atoms with van der Waals surface area (Å²) in [5.74, 6) is -2.56. The Bertz CT molecular complexity index is 902. The normalized spacial score (nSPS) is 34.3. The summed E-state index contributed by atoms with van der Waals surface area (Å²) in [6.45, 7) is 3.77. The van der Waals surface area contributed by atoms with Crippen molar-refractivity contribution in [1.29, 1.82) is 0 Å². The zero-order chi connectivity index (χ0) is 23.3. The van der Waals surface area contributed by atoms with Crippen molar-refractivity contribution in [2.75, 3.05) is 6.54 Å². The summed E-state index contributed by atoms with van der Waals surface area (Å²) in [5.41, 5.74) is -1.84. The van der Waals surface area contributed by atoms with E-state index in [0.29, 0.717) is 30.9 Å². The topological polar surface area (TPSA) is 130 Å². The van der Waals surface area contributed by atoms with Gasteiger partial charge in [-0.3, -0.25) is 28.9 Å². The molecule has 2 aliphatic carbocycles. The summed E-state index contributed by atoms with van der Waals surface area (Å²) in [4.78, 5) is 78.6. The predicted octanol–water partition coefficient (Wildman–Crippen LogP) is 0.610. The quantitative estimate of drug-likeness (QED) is 0.593. The highest BCUT2D eigenvalue weighted by molar-refractivity contribution is 6.12. The smallest absolute Gasteiger partial charge is 0.341 e.